The Labute approximate surface area is 120 Å². The molecule has 19 heavy (non-hydrogen) atoms. The SMILES string of the molecule is CCOC(=O)CN(C)S(=O)(=O)c1ccc(Br)c(N)c1. The number of likely N-dealkylation sites (N-methyl/N-ethyl adjacent to an activating group) is 1. The van der Waals surface area contributed by atoms with E-state index in [1.165, 1.54) is 19.2 Å². The van der Waals surface area contributed by atoms with Gasteiger partial charge >= 0.3 is 5.97 Å². The summed E-state index contributed by atoms with van der Waals surface area (Å²) in [5, 5.41) is 0. The number of hydrogen-bond donors (Lipinski definition) is 1. The number of carbonyl (C=O) groups is 1. The van der Waals surface area contributed by atoms with Crippen molar-refractivity contribution in [2.45, 2.75) is 11.8 Å². The van der Waals surface area contributed by atoms with Gasteiger partial charge in [-0.1, -0.05) is 0 Å². The Morgan fingerprint density at radius 1 is 1.47 bits per heavy atom. The Hall–Kier alpha value is -1.12. The molecule has 0 unspecified atom stereocenters. The molecule has 6 nitrogen and oxygen atoms in total. The largest absolute Gasteiger partial charge is 0.465 e. The van der Waals surface area contributed by atoms with Crippen molar-refractivity contribution in [2.24, 2.45) is 0 Å². The zero-order chi connectivity index (χ0) is 14.6. The number of nitrogen functional groups attached to an aromatic ring is 1. The van der Waals surface area contributed by atoms with Crippen LogP contribution >= 0.6 is 15.9 Å². The highest BCUT2D eigenvalue weighted by Crippen LogP contribution is 2.24. The van der Waals surface area contributed by atoms with Crippen LogP contribution in [0, 0.1) is 0 Å². The minimum Gasteiger partial charge on any atom is -0.465 e. The minimum absolute atomic E-state index is 0.0278. The molecular weight excluding hydrogens is 336 g/mol. The molecule has 106 valence electrons. The standard InChI is InChI=1S/C11H15BrN2O4S/c1-3-18-11(15)7-14(2)19(16,17)8-4-5-9(12)10(13)6-8/h4-6H,3,7,13H2,1-2H3. The zero-order valence-corrected chi connectivity index (χ0v) is 13.0. The Kier molecular flexibility index (Phi) is 5.33. The molecule has 0 fully saturated rings. The van der Waals surface area contributed by atoms with E-state index in [9.17, 15) is 13.2 Å². The quantitative estimate of drug-likeness (QED) is 0.636. The molecule has 0 aliphatic heterocycles. The summed E-state index contributed by atoms with van der Waals surface area (Å²) >= 11 is 3.19. The predicted molar refractivity (Wildman–Crippen MR) is 75.0 cm³/mol. The van der Waals surface area contributed by atoms with Gasteiger partial charge in [0.05, 0.1) is 11.5 Å². The molecule has 1 aromatic rings. The number of esters is 1. The monoisotopic (exact) mass is 350 g/mol. The molecule has 0 amide bonds. The number of ether oxygens (including phenoxy) is 1. The lowest BCUT2D eigenvalue weighted by Crippen LogP contribution is -2.33. The summed E-state index contributed by atoms with van der Waals surface area (Å²) in [6.45, 7) is 1.52. The molecular formula is C11H15BrN2O4S. The number of halogens is 1. The van der Waals surface area contributed by atoms with Crippen molar-refractivity contribution >= 4 is 37.6 Å². The van der Waals surface area contributed by atoms with Gasteiger partial charge in [-0.2, -0.15) is 4.31 Å². The first-order valence-electron chi connectivity index (χ1n) is 5.46. The molecule has 0 saturated heterocycles. The van der Waals surface area contributed by atoms with Gasteiger partial charge in [0.25, 0.3) is 0 Å². The highest BCUT2D eigenvalue weighted by molar-refractivity contribution is 9.10. The van der Waals surface area contributed by atoms with Crippen LogP contribution in [0.1, 0.15) is 6.92 Å². The third-order valence-electron chi connectivity index (χ3n) is 2.33. The fourth-order valence-electron chi connectivity index (χ4n) is 1.34. The van der Waals surface area contributed by atoms with Crippen molar-refractivity contribution in [2.75, 3.05) is 25.9 Å². The number of carbonyl (C=O) groups excluding carboxylic acids is 1. The third-order valence-corrected chi connectivity index (χ3v) is 4.85. The molecule has 0 aliphatic rings. The van der Waals surface area contributed by atoms with Gasteiger partial charge in [0.15, 0.2) is 0 Å². The van der Waals surface area contributed by atoms with Crippen molar-refractivity contribution in [1.29, 1.82) is 0 Å². The molecule has 0 spiro atoms. The fraction of sp³-hybridized carbons (Fsp3) is 0.364. The van der Waals surface area contributed by atoms with E-state index in [2.05, 4.69) is 15.9 Å². The molecule has 0 heterocycles. The first kappa shape index (κ1) is 15.9. The van der Waals surface area contributed by atoms with Gasteiger partial charge in [-0.05, 0) is 41.1 Å². The van der Waals surface area contributed by atoms with Crippen molar-refractivity contribution in [3.63, 3.8) is 0 Å². The van der Waals surface area contributed by atoms with Crippen LogP contribution in [0.5, 0.6) is 0 Å². The smallest absolute Gasteiger partial charge is 0.321 e. The van der Waals surface area contributed by atoms with Crippen LogP contribution in [0.3, 0.4) is 0 Å². The maximum atomic E-state index is 12.2. The maximum Gasteiger partial charge on any atom is 0.321 e. The van der Waals surface area contributed by atoms with Crippen LogP contribution in [-0.2, 0) is 19.6 Å². The highest BCUT2D eigenvalue weighted by atomic mass is 79.9. The van der Waals surface area contributed by atoms with Crippen LogP contribution in [0.15, 0.2) is 27.6 Å². The second-order valence-electron chi connectivity index (χ2n) is 3.75. The summed E-state index contributed by atoms with van der Waals surface area (Å²) in [5.74, 6) is -0.598. The lowest BCUT2D eigenvalue weighted by molar-refractivity contribution is -0.143. The summed E-state index contributed by atoms with van der Waals surface area (Å²) in [6, 6.07) is 4.29. The van der Waals surface area contributed by atoms with Crippen LogP contribution in [0.25, 0.3) is 0 Å². The second-order valence-corrected chi connectivity index (χ2v) is 6.65. The van der Waals surface area contributed by atoms with E-state index in [0.717, 1.165) is 4.31 Å². The molecule has 1 rings (SSSR count). The molecule has 0 bridgehead atoms. The summed E-state index contributed by atoms with van der Waals surface area (Å²) in [5.41, 5.74) is 5.96. The summed E-state index contributed by atoms with van der Waals surface area (Å²) in [7, 11) is -2.45. The van der Waals surface area contributed by atoms with Crippen molar-refractivity contribution in [3.8, 4) is 0 Å². The first-order chi connectivity index (χ1) is 8.78. The van der Waals surface area contributed by atoms with Crippen LogP contribution in [-0.4, -0.2) is 38.9 Å². The number of hydrogen-bond acceptors (Lipinski definition) is 5. The molecule has 0 radical (unpaired) electrons. The molecule has 0 saturated carbocycles. The average Bonchev–Trinajstić information content (AvgIpc) is 2.32. The van der Waals surface area contributed by atoms with Crippen molar-refractivity contribution in [3.05, 3.63) is 22.7 Å². The van der Waals surface area contributed by atoms with Crippen LogP contribution in [0.2, 0.25) is 0 Å². The highest BCUT2D eigenvalue weighted by Gasteiger charge is 2.23. The number of anilines is 1. The summed E-state index contributed by atoms with van der Waals surface area (Å²) < 4.78 is 30.6. The Morgan fingerprint density at radius 2 is 2.11 bits per heavy atom. The molecule has 0 atom stereocenters. The Balaban J connectivity index is 2.96. The van der Waals surface area contributed by atoms with Gasteiger partial charge in [-0.3, -0.25) is 4.79 Å². The molecule has 1 aromatic carbocycles. The van der Waals surface area contributed by atoms with Crippen molar-refractivity contribution < 1.29 is 17.9 Å². The van der Waals surface area contributed by atoms with E-state index in [0.29, 0.717) is 10.2 Å². The van der Waals surface area contributed by atoms with E-state index in [1.54, 1.807) is 13.0 Å². The van der Waals surface area contributed by atoms with Gasteiger partial charge < -0.3 is 10.5 Å². The minimum atomic E-state index is -3.76. The van der Waals surface area contributed by atoms with Crippen molar-refractivity contribution in [1.82, 2.24) is 4.31 Å². The van der Waals surface area contributed by atoms with Gasteiger partial charge in [-0.15, -0.1) is 0 Å². The number of rotatable bonds is 5. The molecule has 2 N–H and O–H groups in total. The van der Waals surface area contributed by atoms with Gasteiger partial charge in [0.2, 0.25) is 10.0 Å². The fourth-order valence-corrected chi connectivity index (χ4v) is 2.73. The predicted octanol–water partition coefficient (Wildman–Crippen LogP) is 1.21. The summed E-state index contributed by atoms with van der Waals surface area (Å²) in [6.07, 6.45) is 0. The van der Waals surface area contributed by atoms with E-state index < -0.39 is 16.0 Å². The van der Waals surface area contributed by atoms with Gasteiger partial charge in [0.1, 0.15) is 6.54 Å². The zero-order valence-electron chi connectivity index (χ0n) is 10.6. The summed E-state index contributed by atoms with van der Waals surface area (Å²) in [4.78, 5) is 11.3. The topological polar surface area (TPSA) is 89.7 Å². The number of sulfonamides is 1. The van der Waals surface area contributed by atoms with E-state index in [1.807, 2.05) is 0 Å². The molecule has 0 aromatic heterocycles. The lowest BCUT2D eigenvalue weighted by Gasteiger charge is -2.16. The first-order valence-corrected chi connectivity index (χ1v) is 7.69. The Bertz CT molecular complexity index is 574. The maximum absolute atomic E-state index is 12.2. The second kappa shape index (κ2) is 6.36. The average molecular weight is 351 g/mol. The lowest BCUT2D eigenvalue weighted by atomic mass is 10.3. The van der Waals surface area contributed by atoms with Crippen LogP contribution < -0.4 is 5.73 Å². The number of benzene rings is 1. The molecule has 8 heteroatoms. The van der Waals surface area contributed by atoms with E-state index in [4.69, 9.17) is 10.5 Å². The van der Waals surface area contributed by atoms with E-state index in [-0.39, 0.29) is 18.0 Å². The van der Waals surface area contributed by atoms with E-state index >= 15 is 0 Å². The van der Waals surface area contributed by atoms with Gasteiger partial charge in [0, 0.05) is 17.2 Å². The Morgan fingerprint density at radius 3 is 2.63 bits per heavy atom. The number of nitrogens with zero attached hydrogens (tertiary/aromatic N) is 1. The normalized spacial score (nSPS) is 11.6. The third kappa shape index (κ3) is 3.92. The van der Waals surface area contributed by atoms with Gasteiger partial charge in [-0.25, -0.2) is 8.42 Å². The molecule has 0 aliphatic carbocycles. The number of nitrogens with two attached hydrogens (primary N) is 1. The van der Waals surface area contributed by atoms with Crippen LogP contribution in [0.4, 0.5) is 5.69 Å².